The SMILES string of the molecule is Cc1ccc(S(=O)(=O)N(CC(=O)NCc2cccc(C(F)(F)F)c2)c2ccc(Oc3ccccc3)cc2)cc1. The fourth-order valence-electron chi connectivity index (χ4n) is 3.70. The molecule has 6 nitrogen and oxygen atoms in total. The lowest BCUT2D eigenvalue weighted by Crippen LogP contribution is -2.40. The highest BCUT2D eigenvalue weighted by atomic mass is 32.2. The molecule has 1 amide bonds. The molecule has 4 rings (SSSR count). The monoisotopic (exact) mass is 554 g/mol. The average Bonchev–Trinajstić information content (AvgIpc) is 2.91. The first-order valence-electron chi connectivity index (χ1n) is 11.9. The molecule has 0 radical (unpaired) electrons. The van der Waals surface area contributed by atoms with E-state index in [9.17, 15) is 26.4 Å². The van der Waals surface area contributed by atoms with Crippen molar-refractivity contribution in [3.05, 3.63) is 120 Å². The Balaban J connectivity index is 1.56. The van der Waals surface area contributed by atoms with E-state index in [0.717, 1.165) is 22.0 Å². The van der Waals surface area contributed by atoms with Gasteiger partial charge < -0.3 is 10.1 Å². The number of aryl methyl sites for hydroxylation is 1. The van der Waals surface area contributed by atoms with E-state index in [4.69, 9.17) is 4.74 Å². The highest BCUT2D eigenvalue weighted by molar-refractivity contribution is 7.92. The van der Waals surface area contributed by atoms with Crippen molar-refractivity contribution in [3.63, 3.8) is 0 Å². The van der Waals surface area contributed by atoms with Gasteiger partial charge in [-0.3, -0.25) is 9.10 Å². The van der Waals surface area contributed by atoms with Gasteiger partial charge in [0, 0.05) is 6.54 Å². The van der Waals surface area contributed by atoms with Gasteiger partial charge in [0.15, 0.2) is 0 Å². The minimum absolute atomic E-state index is 0.0107. The van der Waals surface area contributed by atoms with Crippen LogP contribution in [0.1, 0.15) is 16.7 Å². The Bertz CT molecular complexity index is 1520. The van der Waals surface area contributed by atoms with Crippen molar-refractivity contribution in [1.29, 1.82) is 0 Å². The van der Waals surface area contributed by atoms with E-state index in [1.807, 2.05) is 25.1 Å². The van der Waals surface area contributed by atoms with E-state index in [0.29, 0.717) is 11.5 Å². The van der Waals surface area contributed by atoms with Crippen LogP contribution in [0, 0.1) is 6.92 Å². The van der Waals surface area contributed by atoms with Gasteiger partial charge >= 0.3 is 6.18 Å². The molecule has 0 aliphatic carbocycles. The number of amides is 1. The lowest BCUT2D eigenvalue weighted by molar-refractivity contribution is -0.137. The smallest absolute Gasteiger partial charge is 0.416 e. The molecule has 0 heterocycles. The molecule has 0 fully saturated rings. The van der Waals surface area contributed by atoms with Crippen LogP contribution >= 0.6 is 0 Å². The van der Waals surface area contributed by atoms with Crippen molar-refractivity contribution in [2.24, 2.45) is 0 Å². The third kappa shape index (κ3) is 7.17. The van der Waals surface area contributed by atoms with Crippen LogP contribution < -0.4 is 14.4 Å². The van der Waals surface area contributed by atoms with Gasteiger partial charge in [0.05, 0.1) is 16.1 Å². The number of nitrogens with one attached hydrogen (secondary N) is 1. The van der Waals surface area contributed by atoms with Gasteiger partial charge in [0.2, 0.25) is 5.91 Å². The molecule has 0 aliphatic heterocycles. The minimum atomic E-state index is -4.52. The topological polar surface area (TPSA) is 75.7 Å². The molecular weight excluding hydrogens is 529 g/mol. The average molecular weight is 555 g/mol. The third-order valence-electron chi connectivity index (χ3n) is 5.74. The maximum atomic E-state index is 13.6. The van der Waals surface area contributed by atoms with Gasteiger partial charge in [-0.25, -0.2) is 8.42 Å². The number of hydrogen-bond donors (Lipinski definition) is 1. The summed E-state index contributed by atoms with van der Waals surface area (Å²) in [7, 11) is -4.16. The first kappa shape index (κ1) is 27.7. The Morgan fingerprint density at radius 1 is 0.846 bits per heavy atom. The minimum Gasteiger partial charge on any atom is -0.457 e. The molecule has 39 heavy (non-hydrogen) atoms. The molecular formula is C29H25F3N2O4S. The molecule has 1 N–H and O–H groups in total. The highest BCUT2D eigenvalue weighted by Gasteiger charge is 2.30. The van der Waals surface area contributed by atoms with Gasteiger partial charge in [0.1, 0.15) is 18.0 Å². The number of rotatable bonds is 9. The van der Waals surface area contributed by atoms with E-state index in [1.54, 1.807) is 36.4 Å². The summed E-state index contributed by atoms with van der Waals surface area (Å²) in [6.07, 6.45) is -4.52. The van der Waals surface area contributed by atoms with Crippen molar-refractivity contribution >= 4 is 21.6 Å². The van der Waals surface area contributed by atoms with Crippen LogP contribution in [0.3, 0.4) is 0 Å². The number of halogens is 3. The Labute approximate surface area is 224 Å². The Hall–Kier alpha value is -4.31. The normalized spacial score (nSPS) is 11.6. The number of alkyl halides is 3. The zero-order chi connectivity index (χ0) is 28.0. The van der Waals surface area contributed by atoms with E-state index in [1.165, 1.54) is 36.4 Å². The lowest BCUT2D eigenvalue weighted by atomic mass is 10.1. The second-order valence-corrected chi connectivity index (χ2v) is 10.6. The van der Waals surface area contributed by atoms with Crippen molar-refractivity contribution < 1.29 is 31.1 Å². The van der Waals surface area contributed by atoms with Gasteiger partial charge in [-0.05, 0) is 73.2 Å². The maximum Gasteiger partial charge on any atom is 0.416 e. The molecule has 0 spiro atoms. The standard InChI is InChI=1S/C29H25F3N2O4S/c1-21-10-16-27(17-11-21)39(36,37)34(24-12-14-26(15-13-24)38-25-8-3-2-4-9-25)20-28(35)33-19-22-6-5-7-23(18-22)29(30,31)32/h2-18H,19-20H2,1H3,(H,33,35). The summed E-state index contributed by atoms with van der Waals surface area (Å²) in [6.45, 7) is 1.03. The summed E-state index contributed by atoms with van der Waals surface area (Å²) in [5.41, 5.74) is 0.469. The van der Waals surface area contributed by atoms with Crippen molar-refractivity contribution in [1.82, 2.24) is 5.32 Å². The summed E-state index contributed by atoms with van der Waals surface area (Å²) in [5, 5.41) is 2.52. The number of anilines is 1. The van der Waals surface area contributed by atoms with Crippen LogP contribution in [0.15, 0.2) is 108 Å². The third-order valence-corrected chi connectivity index (χ3v) is 7.53. The number of hydrogen-bond acceptors (Lipinski definition) is 4. The van der Waals surface area contributed by atoms with E-state index in [-0.39, 0.29) is 22.7 Å². The molecule has 0 bridgehead atoms. The van der Waals surface area contributed by atoms with Crippen molar-refractivity contribution in [2.45, 2.75) is 24.5 Å². The largest absolute Gasteiger partial charge is 0.457 e. The first-order valence-corrected chi connectivity index (χ1v) is 13.3. The van der Waals surface area contributed by atoms with E-state index in [2.05, 4.69) is 5.32 Å². The zero-order valence-corrected chi connectivity index (χ0v) is 21.7. The number of para-hydroxylation sites is 1. The molecule has 0 aromatic heterocycles. The van der Waals surface area contributed by atoms with E-state index < -0.39 is 34.2 Å². The molecule has 4 aromatic rings. The second kappa shape index (κ2) is 11.6. The van der Waals surface area contributed by atoms with Crippen molar-refractivity contribution in [3.8, 4) is 11.5 Å². The van der Waals surface area contributed by atoms with E-state index >= 15 is 0 Å². The Morgan fingerprint density at radius 3 is 2.13 bits per heavy atom. The Morgan fingerprint density at radius 2 is 1.49 bits per heavy atom. The number of nitrogens with zero attached hydrogens (tertiary/aromatic N) is 1. The summed E-state index contributed by atoms with van der Waals surface area (Å²) in [4.78, 5) is 12.8. The van der Waals surface area contributed by atoms with Crippen LogP contribution in [-0.4, -0.2) is 20.9 Å². The first-order chi connectivity index (χ1) is 18.5. The fraction of sp³-hybridized carbons (Fsp3) is 0.138. The fourth-order valence-corrected chi connectivity index (χ4v) is 5.12. The van der Waals surface area contributed by atoms with Crippen LogP contribution in [0.4, 0.5) is 18.9 Å². The molecule has 0 atom stereocenters. The maximum absolute atomic E-state index is 13.6. The molecule has 202 valence electrons. The van der Waals surface area contributed by atoms with Gasteiger partial charge in [0.25, 0.3) is 10.0 Å². The van der Waals surface area contributed by atoms with Crippen LogP contribution in [0.2, 0.25) is 0 Å². The number of carbonyl (C=O) groups is 1. The summed E-state index contributed by atoms with van der Waals surface area (Å²) in [6, 6.07) is 26.0. The molecule has 0 aliphatic rings. The zero-order valence-electron chi connectivity index (χ0n) is 20.9. The summed E-state index contributed by atoms with van der Waals surface area (Å²) in [5.74, 6) is 0.377. The predicted molar refractivity (Wildman–Crippen MR) is 142 cm³/mol. The van der Waals surface area contributed by atoms with Crippen LogP contribution in [0.25, 0.3) is 0 Å². The number of benzene rings is 4. The van der Waals surface area contributed by atoms with Gasteiger partial charge in [-0.15, -0.1) is 0 Å². The number of carbonyl (C=O) groups excluding carboxylic acids is 1. The van der Waals surface area contributed by atoms with Crippen LogP contribution in [0.5, 0.6) is 11.5 Å². The molecule has 10 heteroatoms. The second-order valence-electron chi connectivity index (χ2n) is 8.71. The number of ether oxygens (including phenoxy) is 1. The number of sulfonamides is 1. The molecule has 0 saturated heterocycles. The highest BCUT2D eigenvalue weighted by Crippen LogP contribution is 2.30. The predicted octanol–water partition coefficient (Wildman–Crippen LogP) is 6.32. The molecule has 4 aromatic carbocycles. The van der Waals surface area contributed by atoms with Crippen molar-refractivity contribution in [2.75, 3.05) is 10.8 Å². The van der Waals surface area contributed by atoms with Gasteiger partial charge in [-0.2, -0.15) is 13.2 Å². The summed E-state index contributed by atoms with van der Waals surface area (Å²) < 4.78 is 72.9. The molecule has 0 saturated carbocycles. The quantitative estimate of drug-likeness (QED) is 0.263. The lowest BCUT2D eigenvalue weighted by Gasteiger charge is -2.24. The summed E-state index contributed by atoms with van der Waals surface area (Å²) >= 11 is 0. The van der Waals surface area contributed by atoms with Gasteiger partial charge in [-0.1, -0.05) is 48.0 Å². The molecule has 0 unspecified atom stereocenters. The van der Waals surface area contributed by atoms with Crippen LogP contribution in [-0.2, 0) is 27.5 Å². The Kier molecular flexibility index (Phi) is 8.25.